The molecule has 3 nitrogen and oxygen atoms in total. The van der Waals surface area contributed by atoms with E-state index < -0.39 is 5.97 Å². The molecule has 5 heteroatoms. The van der Waals surface area contributed by atoms with Crippen LogP contribution in [0.5, 0.6) is 0 Å². The van der Waals surface area contributed by atoms with E-state index in [4.69, 9.17) is 0 Å². The average molecular weight is 520 g/mol. The normalized spacial score (nSPS) is 15.9. The minimum atomic E-state index is -0.879. The molecule has 0 amide bonds. The van der Waals surface area contributed by atoms with Crippen LogP contribution < -0.4 is 0 Å². The molecule has 0 radical (unpaired) electrons. The summed E-state index contributed by atoms with van der Waals surface area (Å²) in [6, 6.07) is 23.1. The van der Waals surface area contributed by atoms with Gasteiger partial charge in [-0.1, -0.05) is 54.6 Å². The summed E-state index contributed by atoms with van der Waals surface area (Å²) < 4.78 is 12.4. The number of carbonyl (C=O) groups is 1. The Hall–Kier alpha value is -2.95. The first-order valence-corrected chi connectivity index (χ1v) is 13.1. The molecule has 0 unspecified atom stereocenters. The van der Waals surface area contributed by atoms with E-state index in [9.17, 15) is 14.3 Å². The molecule has 3 aromatic carbocycles. The smallest absolute Gasteiger partial charge is 0.335 e. The lowest BCUT2D eigenvalue weighted by Gasteiger charge is -2.39. The van der Waals surface area contributed by atoms with Gasteiger partial charge >= 0.3 is 5.97 Å². The molecule has 0 spiro atoms. The van der Waals surface area contributed by atoms with Crippen LogP contribution in [-0.4, -0.2) is 42.3 Å². The maximum absolute atomic E-state index is 12.4. The van der Waals surface area contributed by atoms with Crippen LogP contribution in [0.1, 0.15) is 63.0 Å². The molecule has 1 heterocycles. The predicted octanol–water partition coefficient (Wildman–Crippen LogP) is 7.24. The highest BCUT2D eigenvalue weighted by Crippen LogP contribution is 2.41. The first-order chi connectivity index (χ1) is 17.5. The molecule has 2 aliphatic rings. The van der Waals surface area contributed by atoms with E-state index in [-0.39, 0.29) is 19.1 Å². The molecule has 194 valence electrons. The summed E-state index contributed by atoms with van der Waals surface area (Å²) in [5.41, 5.74) is 10.2. The van der Waals surface area contributed by atoms with E-state index in [1.807, 2.05) is 12.1 Å². The number of nitrogens with zero attached hydrogens (tertiary/aromatic N) is 1. The van der Waals surface area contributed by atoms with E-state index in [1.54, 1.807) is 6.07 Å². The van der Waals surface area contributed by atoms with Gasteiger partial charge in [-0.15, -0.1) is 12.4 Å². The van der Waals surface area contributed by atoms with Crippen molar-refractivity contribution in [3.8, 4) is 0 Å². The lowest BCUT2D eigenvalue weighted by atomic mass is 9.85. The number of hydrogen-bond acceptors (Lipinski definition) is 2. The predicted molar refractivity (Wildman–Crippen MR) is 151 cm³/mol. The first kappa shape index (κ1) is 27.1. The minimum Gasteiger partial charge on any atom is -0.478 e. The van der Waals surface area contributed by atoms with Crippen molar-refractivity contribution in [2.75, 3.05) is 26.3 Å². The number of aromatic carboxylic acids is 1. The number of allylic oxidation sites excluding steroid dienone is 1. The van der Waals surface area contributed by atoms with Crippen molar-refractivity contribution >= 4 is 29.5 Å². The molecular formula is C32H35ClFNO2. The third kappa shape index (κ3) is 5.97. The first-order valence-electron chi connectivity index (χ1n) is 13.1. The topological polar surface area (TPSA) is 40.5 Å². The van der Waals surface area contributed by atoms with Gasteiger partial charge < -0.3 is 10.0 Å². The molecule has 1 aliphatic carbocycles. The second-order valence-corrected chi connectivity index (χ2v) is 10.3. The van der Waals surface area contributed by atoms with Gasteiger partial charge in [0.05, 0.1) is 12.2 Å². The van der Waals surface area contributed by atoms with Crippen molar-refractivity contribution < 1.29 is 14.3 Å². The number of benzene rings is 3. The number of alkyl halides is 1. The second-order valence-electron chi connectivity index (χ2n) is 10.3. The third-order valence-corrected chi connectivity index (χ3v) is 7.67. The Labute approximate surface area is 225 Å². The van der Waals surface area contributed by atoms with Gasteiger partial charge in [0.15, 0.2) is 0 Å². The maximum atomic E-state index is 12.4. The lowest BCUT2D eigenvalue weighted by Crippen LogP contribution is -2.47. The van der Waals surface area contributed by atoms with Gasteiger partial charge in [-0.3, -0.25) is 4.39 Å². The van der Waals surface area contributed by atoms with Gasteiger partial charge in [0.2, 0.25) is 0 Å². The van der Waals surface area contributed by atoms with Crippen LogP contribution in [0.2, 0.25) is 0 Å². The highest BCUT2D eigenvalue weighted by Gasteiger charge is 2.26. The molecule has 3 aromatic rings. The molecule has 0 bridgehead atoms. The molecular weight excluding hydrogens is 485 g/mol. The summed E-state index contributed by atoms with van der Waals surface area (Å²) in [6.07, 6.45) is 4.50. The largest absolute Gasteiger partial charge is 0.478 e. The summed E-state index contributed by atoms with van der Waals surface area (Å²) in [7, 11) is 0. The van der Waals surface area contributed by atoms with E-state index in [0.717, 1.165) is 56.4 Å². The van der Waals surface area contributed by atoms with E-state index in [1.165, 1.54) is 33.4 Å². The quantitative estimate of drug-likeness (QED) is 0.341. The Morgan fingerprint density at radius 3 is 2.46 bits per heavy atom. The van der Waals surface area contributed by atoms with Crippen molar-refractivity contribution in [2.45, 2.75) is 39.0 Å². The third-order valence-electron chi connectivity index (χ3n) is 7.67. The maximum Gasteiger partial charge on any atom is 0.335 e. The SMILES string of the molecule is Cc1ccccc1C1=C(c2ccc(CC3CN(CCCF)C3)cc2)c2ccc(C(=O)O)cc2CCC1.Cl. The standard InChI is InChI=1S/C32H34FNO2.ClH/c1-22-6-2-3-8-28(22)30-9-4-7-26-19-27(32(35)36)14-15-29(26)31(30)25-12-10-23(11-13-25)18-24-20-34(21-24)17-5-16-33;/h2-3,6,8,10-15,19,24H,4-5,7,9,16-18,20-21H2,1H3,(H,35,36);1H. The van der Waals surface area contributed by atoms with Crippen molar-refractivity contribution in [3.63, 3.8) is 0 Å². The number of fused-ring (bicyclic) bond motifs is 1. The fourth-order valence-electron chi connectivity index (χ4n) is 5.84. The molecule has 1 aliphatic heterocycles. The fraction of sp³-hybridized carbons (Fsp3) is 0.344. The van der Waals surface area contributed by atoms with Crippen LogP contribution in [0, 0.1) is 12.8 Å². The zero-order chi connectivity index (χ0) is 25.1. The summed E-state index contributed by atoms with van der Waals surface area (Å²) >= 11 is 0. The number of halogens is 2. The second kappa shape index (κ2) is 12.1. The highest BCUT2D eigenvalue weighted by atomic mass is 35.5. The monoisotopic (exact) mass is 519 g/mol. The number of carboxylic acid groups (broad SMARTS) is 1. The number of likely N-dealkylation sites (tertiary alicyclic amines) is 1. The van der Waals surface area contributed by atoms with E-state index >= 15 is 0 Å². The molecule has 5 rings (SSSR count). The van der Waals surface area contributed by atoms with Crippen LogP contribution in [0.4, 0.5) is 4.39 Å². The van der Waals surface area contributed by atoms with E-state index in [0.29, 0.717) is 17.9 Å². The Bertz CT molecular complexity index is 1280. The van der Waals surface area contributed by atoms with Crippen LogP contribution in [0.15, 0.2) is 66.7 Å². The van der Waals surface area contributed by atoms with Crippen LogP contribution >= 0.6 is 12.4 Å². The minimum absolute atomic E-state index is 0. The number of aryl methyl sites for hydroxylation is 2. The van der Waals surface area contributed by atoms with Gasteiger partial charge in [-0.25, -0.2) is 4.79 Å². The van der Waals surface area contributed by atoms with Crippen LogP contribution in [0.3, 0.4) is 0 Å². The zero-order valence-electron chi connectivity index (χ0n) is 21.4. The Kier molecular flexibility index (Phi) is 8.83. The zero-order valence-corrected chi connectivity index (χ0v) is 22.2. The van der Waals surface area contributed by atoms with Gasteiger partial charge in [0.25, 0.3) is 0 Å². The highest BCUT2D eigenvalue weighted by molar-refractivity contribution is 6.01. The fourth-order valence-corrected chi connectivity index (χ4v) is 5.84. The lowest BCUT2D eigenvalue weighted by molar-refractivity contribution is 0.0696. The molecule has 1 fully saturated rings. The van der Waals surface area contributed by atoms with Crippen molar-refractivity contribution in [1.82, 2.24) is 4.90 Å². The van der Waals surface area contributed by atoms with Crippen molar-refractivity contribution in [3.05, 3.63) is 106 Å². The number of hydrogen-bond donors (Lipinski definition) is 1. The molecule has 0 aromatic heterocycles. The average Bonchev–Trinajstić information content (AvgIpc) is 3.05. The van der Waals surface area contributed by atoms with Crippen molar-refractivity contribution in [2.24, 2.45) is 5.92 Å². The summed E-state index contributed by atoms with van der Waals surface area (Å²) in [4.78, 5) is 14.0. The van der Waals surface area contributed by atoms with Crippen LogP contribution in [-0.2, 0) is 12.8 Å². The van der Waals surface area contributed by atoms with E-state index in [2.05, 4.69) is 60.4 Å². The van der Waals surface area contributed by atoms with Gasteiger partial charge in [-0.05, 0) is 102 Å². The molecule has 0 saturated carbocycles. The van der Waals surface area contributed by atoms with Crippen LogP contribution in [0.25, 0.3) is 11.1 Å². The van der Waals surface area contributed by atoms with Crippen molar-refractivity contribution in [1.29, 1.82) is 0 Å². The summed E-state index contributed by atoms with van der Waals surface area (Å²) in [5.74, 6) is -0.236. The molecule has 1 N–H and O–H groups in total. The molecule has 1 saturated heterocycles. The Morgan fingerprint density at radius 1 is 1.00 bits per heavy atom. The number of rotatable bonds is 8. The summed E-state index contributed by atoms with van der Waals surface area (Å²) in [6.45, 7) is 4.92. The van der Waals surface area contributed by atoms with Gasteiger partial charge in [-0.2, -0.15) is 0 Å². The summed E-state index contributed by atoms with van der Waals surface area (Å²) in [5, 5.41) is 9.56. The molecule has 37 heavy (non-hydrogen) atoms. The van der Waals surface area contributed by atoms with Gasteiger partial charge in [0, 0.05) is 19.6 Å². The van der Waals surface area contributed by atoms with Gasteiger partial charge in [0.1, 0.15) is 0 Å². The Morgan fingerprint density at radius 2 is 1.76 bits per heavy atom. The number of carboxylic acids is 1. The molecule has 0 atom stereocenters. The Balaban J connectivity index is 0.00000320.